The molecule has 3 N–H and O–H groups in total. The number of ketones is 1. The van der Waals surface area contributed by atoms with Gasteiger partial charge in [-0.15, -0.1) is 0 Å². The highest BCUT2D eigenvalue weighted by molar-refractivity contribution is 6.38. The standard InChI is InChI=1S/C31H44N4O5/c1-5-11-23(27(37)29(39)33-17-24(36)32-16-20-12-7-6-8-13-20)34-28(38)26-25-22(31(25,3)4)18-35(26)30(40)19(2)21-14-9-10-15-21/h6-8,12-13,19,21-23,25-26H,5,9-11,14-18H2,1-4H3,(H,32,36)(H,33,39)(H,34,38)/t19-,22-,23?,25-,26-/m0/s1. The lowest BCUT2D eigenvalue weighted by Crippen LogP contribution is -2.56. The number of nitrogens with one attached hydrogen (secondary N) is 3. The summed E-state index contributed by atoms with van der Waals surface area (Å²) in [6.07, 6.45) is 5.23. The summed E-state index contributed by atoms with van der Waals surface area (Å²) in [6, 6.07) is 7.70. The highest BCUT2D eigenvalue weighted by Crippen LogP contribution is 2.65. The van der Waals surface area contributed by atoms with E-state index in [2.05, 4.69) is 29.8 Å². The van der Waals surface area contributed by atoms with Crippen molar-refractivity contribution in [2.45, 2.75) is 84.8 Å². The highest BCUT2D eigenvalue weighted by Gasteiger charge is 2.69. The van der Waals surface area contributed by atoms with Crippen LogP contribution in [0.25, 0.3) is 0 Å². The monoisotopic (exact) mass is 552 g/mol. The van der Waals surface area contributed by atoms with Crippen LogP contribution in [0.3, 0.4) is 0 Å². The summed E-state index contributed by atoms with van der Waals surface area (Å²) in [5, 5.41) is 7.91. The Kier molecular flexibility index (Phi) is 9.31. The molecule has 1 aliphatic heterocycles. The molecule has 3 fully saturated rings. The molecule has 2 saturated carbocycles. The average molecular weight is 553 g/mol. The van der Waals surface area contributed by atoms with E-state index in [1.165, 1.54) is 0 Å². The van der Waals surface area contributed by atoms with Crippen molar-refractivity contribution >= 4 is 29.4 Å². The van der Waals surface area contributed by atoms with Crippen molar-refractivity contribution < 1.29 is 24.0 Å². The molecule has 0 radical (unpaired) electrons. The van der Waals surface area contributed by atoms with Crippen LogP contribution in [-0.4, -0.2) is 59.5 Å². The molecule has 1 saturated heterocycles. The topological polar surface area (TPSA) is 125 Å². The number of likely N-dealkylation sites (tertiary alicyclic amines) is 1. The third kappa shape index (κ3) is 6.39. The van der Waals surface area contributed by atoms with Gasteiger partial charge in [-0.25, -0.2) is 0 Å². The molecule has 40 heavy (non-hydrogen) atoms. The molecule has 9 nitrogen and oxygen atoms in total. The van der Waals surface area contributed by atoms with Crippen molar-refractivity contribution in [1.82, 2.24) is 20.9 Å². The van der Waals surface area contributed by atoms with Crippen molar-refractivity contribution in [2.75, 3.05) is 13.1 Å². The number of hydrogen-bond donors (Lipinski definition) is 3. The molecule has 1 aromatic rings. The van der Waals surface area contributed by atoms with Gasteiger partial charge in [0.15, 0.2) is 0 Å². The molecule has 5 atom stereocenters. The Morgan fingerprint density at radius 2 is 1.70 bits per heavy atom. The summed E-state index contributed by atoms with van der Waals surface area (Å²) in [5.41, 5.74) is 0.867. The molecular formula is C31H44N4O5. The van der Waals surface area contributed by atoms with E-state index in [0.29, 0.717) is 25.4 Å². The SMILES string of the molecule is CCCC(NC(=O)[C@@H]1[C@@H]2[C@H](CN1C(=O)[C@@H](C)C1CCCC1)C2(C)C)C(=O)C(=O)NCC(=O)NCc1ccccc1. The van der Waals surface area contributed by atoms with Crippen molar-refractivity contribution in [3.8, 4) is 0 Å². The first-order chi connectivity index (χ1) is 19.1. The number of Topliss-reactive ketones (excluding diaryl/α,β-unsaturated/α-hetero) is 1. The van der Waals surface area contributed by atoms with E-state index >= 15 is 0 Å². The molecule has 0 aromatic heterocycles. The molecule has 1 unspecified atom stereocenters. The van der Waals surface area contributed by atoms with Crippen LogP contribution in [0.15, 0.2) is 30.3 Å². The van der Waals surface area contributed by atoms with E-state index in [-0.39, 0.29) is 47.9 Å². The van der Waals surface area contributed by atoms with Gasteiger partial charge in [-0.2, -0.15) is 0 Å². The minimum atomic E-state index is -1.02. The summed E-state index contributed by atoms with van der Waals surface area (Å²) in [5.74, 6) is -1.96. The van der Waals surface area contributed by atoms with Crippen LogP contribution in [-0.2, 0) is 30.5 Å². The van der Waals surface area contributed by atoms with E-state index in [1.807, 2.05) is 44.2 Å². The summed E-state index contributed by atoms with van der Waals surface area (Å²) in [6.45, 7) is 8.61. The fourth-order valence-electron chi connectivity index (χ4n) is 6.81. The van der Waals surface area contributed by atoms with E-state index in [9.17, 15) is 24.0 Å². The Morgan fingerprint density at radius 1 is 1.02 bits per heavy atom. The van der Waals surface area contributed by atoms with Crippen LogP contribution in [0.4, 0.5) is 0 Å². The number of benzene rings is 1. The molecular weight excluding hydrogens is 508 g/mol. The first kappa shape index (κ1) is 29.7. The normalized spacial score (nSPS) is 24.5. The van der Waals surface area contributed by atoms with Crippen molar-refractivity contribution in [2.24, 2.45) is 29.1 Å². The van der Waals surface area contributed by atoms with Crippen LogP contribution in [0.2, 0.25) is 0 Å². The Balaban J connectivity index is 1.35. The number of hydrogen-bond acceptors (Lipinski definition) is 5. The van der Waals surface area contributed by atoms with Gasteiger partial charge in [0, 0.05) is 19.0 Å². The summed E-state index contributed by atoms with van der Waals surface area (Å²) in [4.78, 5) is 66.9. The second-order valence-electron chi connectivity index (χ2n) is 12.4. The first-order valence-corrected chi connectivity index (χ1v) is 14.8. The van der Waals surface area contributed by atoms with E-state index in [4.69, 9.17) is 0 Å². The lowest BCUT2D eigenvalue weighted by molar-refractivity contribution is -0.145. The lowest BCUT2D eigenvalue weighted by Gasteiger charge is -2.34. The van der Waals surface area contributed by atoms with Crippen molar-refractivity contribution in [3.63, 3.8) is 0 Å². The minimum absolute atomic E-state index is 0.0210. The Morgan fingerprint density at radius 3 is 2.35 bits per heavy atom. The molecule has 3 aliphatic rings. The predicted octanol–water partition coefficient (Wildman–Crippen LogP) is 2.58. The fraction of sp³-hybridized carbons (Fsp3) is 0.645. The van der Waals surface area contributed by atoms with E-state index in [1.54, 1.807) is 4.90 Å². The number of amides is 4. The Bertz CT molecular complexity index is 1110. The highest BCUT2D eigenvalue weighted by atomic mass is 16.2. The van der Waals surface area contributed by atoms with Crippen LogP contribution in [0.1, 0.15) is 71.8 Å². The molecule has 9 heteroatoms. The summed E-state index contributed by atoms with van der Waals surface area (Å²) < 4.78 is 0. The van der Waals surface area contributed by atoms with E-state index in [0.717, 1.165) is 31.2 Å². The molecule has 4 amide bonds. The fourth-order valence-corrected chi connectivity index (χ4v) is 6.81. The van der Waals surface area contributed by atoms with Crippen molar-refractivity contribution in [3.05, 3.63) is 35.9 Å². The van der Waals surface area contributed by atoms with Gasteiger partial charge < -0.3 is 20.9 Å². The van der Waals surface area contributed by atoms with E-state index < -0.39 is 29.7 Å². The first-order valence-electron chi connectivity index (χ1n) is 14.8. The number of carbonyl (C=O) groups is 5. The quantitative estimate of drug-likeness (QED) is 0.344. The zero-order valence-corrected chi connectivity index (χ0v) is 24.2. The zero-order chi connectivity index (χ0) is 29.0. The van der Waals surface area contributed by atoms with Gasteiger partial charge in [-0.05, 0) is 48.0 Å². The molecule has 4 rings (SSSR count). The van der Waals surface area contributed by atoms with Crippen LogP contribution in [0, 0.1) is 29.1 Å². The third-order valence-corrected chi connectivity index (χ3v) is 9.43. The van der Waals surface area contributed by atoms with Gasteiger partial charge in [0.2, 0.25) is 23.5 Å². The second-order valence-corrected chi connectivity index (χ2v) is 12.4. The minimum Gasteiger partial charge on any atom is -0.350 e. The molecule has 0 bridgehead atoms. The summed E-state index contributed by atoms with van der Waals surface area (Å²) in [7, 11) is 0. The number of fused-ring (bicyclic) bond motifs is 1. The number of rotatable bonds is 12. The molecule has 218 valence electrons. The van der Waals surface area contributed by atoms with Crippen LogP contribution < -0.4 is 16.0 Å². The smallest absolute Gasteiger partial charge is 0.290 e. The van der Waals surface area contributed by atoms with Gasteiger partial charge in [0.05, 0.1) is 12.6 Å². The molecule has 0 spiro atoms. The van der Waals surface area contributed by atoms with Gasteiger partial charge in [0.25, 0.3) is 5.91 Å². The lowest BCUT2D eigenvalue weighted by atomic mass is 9.90. The number of nitrogens with zero attached hydrogens (tertiary/aromatic N) is 1. The Labute approximate surface area is 237 Å². The predicted molar refractivity (Wildman–Crippen MR) is 151 cm³/mol. The largest absolute Gasteiger partial charge is 0.350 e. The second kappa shape index (κ2) is 12.5. The molecule has 1 heterocycles. The van der Waals surface area contributed by atoms with Crippen molar-refractivity contribution in [1.29, 1.82) is 0 Å². The zero-order valence-electron chi connectivity index (χ0n) is 24.2. The molecule has 2 aliphatic carbocycles. The Hall–Kier alpha value is -3.23. The number of carbonyl (C=O) groups excluding carboxylic acids is 5. The van der Waals surface area contributed by atoms with Gasteiger partial charge >= 0.3 is 0 Å². The average Bonchev–Trinajstić information content (AvgIpc) is 3.40. The van der Waals surface area contributed by atoms with Gasteiger partial charge in [0.1, 0.15) is 6.04 Å². The molecule has 1 aromatic carbocycles. The van der Waals surface area contributed by atoms with Gasteiger partial charge in [-0.1, -0.05) is 77.3 Å². The van der Waals surface area contributed by atoms with Gasteiger partial charge in [-0.3, -0.25) is 24.0 Å². The summed E-state index contributed by atoms with van der Waals surface area (Å²) >= 11 is 0. The maximum Gasteiger partial charge on any atom is 0.290 e. The van der Waals surface area contributed by atoms with Crippen LogP contribution in [0.5, 0.6) is 0 Å². The van der Waals surface area contributed by atoms with Crippen LogP contribution >= 0.6 is 0 Å². The third-order valence-electron chi connectivity index (χ3n) is 9.43. The number of piperidine rings is 1. The maximum absolute atomic E-state index is 13.7. The maximum atomic E-state index is 13.7.